The van der Waals surface area contributed by atoms with Crippen LogP contribution in [0.5, 0.6) is 0 Å². The third-order valence-corrected chi connectivity index (χ3v) is 2.74. The number of benzene rings is 1. The molecule has 1 atom stereocenters. The lowest BCUT2D eigenvalue weighted by molar-refractivity contribution is -0.944. The highest BCUT2D eigenvalue weighted by atomic mass is 32.2. The van der Waals surface area contributed by atoms with Crippen molar-refractivity contribution in [3.05, 3.63) is 35.0 Å². The molecular formula is C8H7NO3S. The lowest BCUT2D eigenvalue weighted by Gasteiger charge is -2.33. The van der Waals surface area contributed by atoms with Crippen molar-refractivity contribution >= 4 is 17.7 Å². The van der Waals surface area contributed by atoms with Gasteiger partial charge in [-0.2, -0.15) is 0 Å². The quantitative estimate of drug-likeness (QED) is 0.390. The summed E-state index contributed by atoms with van der Waals surface area (Å²) in [5.41, 5.74) is 0.520. The van der Waals surface area contributed by atoms with Crippen LogP contribution in [0.15, 0.2) is 29.2 Å². The number of Topliss-reactive ketones (excluding diaryl/α,β-unsaturated/α-hetero) is 1. The average molecular weight is 197 g/mol. The number of hydroxylamine groups is 2. The first kappa shape index (κ1) is 8.71. The molecular weight excluding hydrogens is 190 g/mol. The summed E-state index contributed by atoms with van der Waals surface area (Å²) in [6.45, 7) is -0.415. The standard InChI is InChI=1S/C8H7NO3S/c10-7-5-9(11,12)13-8-4-2-1-3-6(7)8/h1-4,11H,5H2. The first-order chi connectivity index (χ1) is 6.08. The summed E-state index contributed by atoms with van der Waals surface area (Å²) in [6.07, 6.45) is 0. The molecule has 0 fully saturated rings. The first-order valence-electron chi connectivity index (χ1n) is 3.72. The lowest BCUT2D eigenvalue weighted by Crippen LogP contribution is -2.39. The fourth-order valence-electron chi connectivity index (χ4n) is 1.23. The SMILES string of the molecule is O=C1C[N+]([O-])(O)Sc2ccccc21. The van der Waals surface area contributed by atoms with E-state index in [-0.39, 0.29) is 5.78 Å². The van der Waals surface area contributed by atoms with E-state index >= 15 is 0 Å². The molecule has 1 aromatic rings. The van der Waals surface area contributed by atoms with E-state index in [2.05, 4.69) is 0 Å². The van der Waals surface area contributed by atoms with Crippen LogP contribution in [0.3, 0.4) is 0 Å². The van der Waals surface area contributed by atoms with E-state index in [1.807, 2.05) is 0 Å². The van der Waals surface area contributed by atoms with Crippen LogP contribution < -0.4 is 0 Å². The summed E-state index contributed by atoms with van der Waals surface area (Å²) >= 11 is 0.735. The molecule has 1 aliphatic heterocycles. The molecule has 1 unspecified atom stereocenters. The van der Waals surface area contributed by atoms with Crippen LogP contribution >= 0.6 is 11.9 Å². The Morgan fingerprint density at radius 2 is 2.15 bits per heavy atom. The second-order valence-corrected chi connectivity index (χ2v) is 4.00. The van der Waals surface area contributed by atoms with E-state index in [0.29, 0.717) is 10.5 Å². The molecule has 5 heteroatoms. The normalized spacial score (nSPS) is 27.1. The molecule has 0 saturated heterocycles. The molecule has 4 nitrogen and oxygen atoms in total. The van der Waals surface area contributed by atoms with E-state index < -0.39 is 10.8 Å². The highest BCUT2D eigenvalue weighted by Gasteiger charge is 2.32. The molecule has 13 heavy (non-hydrogen) atoms. The third kappa shape index (κ3) is 1.59. The number of ketones is 1. The molecule has 0 saturated carbocycles. The van der Waals surface area contributed by atoms with Crippen LogP contribution in [0.25, 0.3) is 0 Å². The number of hydrogen-bond donors (Lipinski definition) is 1. The summed E-state index contributed by atoms with van der Waals surface area (Å²) in [6, 6.07) is 6.77. The van der Waals surface area contributed by atoms with Crippen molar-refractivity contribution in [1.29, 1.82) is 0 Å². The summed E-state index contributed by atoms with van der Waals surface area (Å²) in [7, 11) is 0. The lowest BCUT2D eigenvalue weighted by atomic mass is 10.1. The molecule has 0 aliphatic carbocycles. The van der Waals surface area contributed by atoms with E-state index in [1.165, 1.54) is 0 Å². The van der Waals surface area contributed by atoms with Gasteiger partial charge in [-0.3, -0.25) is 4.79 Å². The summed E-state index contributed by atoms with van der Waals surface area (Å²) in [5.74, 6) is -0.313. The van der Waals surface area contributed by atoms with Crippen molar-refractivity contribution in [2.75, 3.05) is 6.54 Å². The molecule has 1 aromatic carbocycles. The number of fused-ring (bicyclic) bond motifs is 1. The highest BCUT2D eigenvalue weighted by molar-refractivity contribution is 7.94. The Morgan fingerprint density at radius 3 is 2.92 bits per heavy atom. The second kappa shape index (κ2) is 2.81. The van der Waals surface area contributed by atoms with Gasteiger partial charge in [-0.05, 0) is 12.1 Å². The maximum Gasteiger partial charge on any atom is 0.222 e. The van der Waals surface area contributed by atoms with Crippen LogP contribution in [-0.2, 0) is 0 Å². The van der Waals surface area contributed by atoms with Crippen molar-refractivity contribution in [2.24, 2.45) is 0 Å². The van der Waals surface area contributed by atoms with Crippen LogP contribution in [0.4, 0.5) is 0 Å². The minimum absolute atomic E-state index is 0.313. The molecule has 0 spiro atoms. The molecule has 0 radical (unpaired) electrons. The number of carbonyl (C=O) groups is 1. The van der Waals surface area contributed by atoms with Crippen LogP contribution in [0, 0.1) is 5.21 Å². The van der Waals surface area contributed by atoms with E-state index in [1.54, 1.807) is 24.3 Å². The Balaban J connectivity index is 2.49. The molecule has 2 rings (SSSR count). The zero-order valence-electron chi connectivity index (χ0n) is 6.64. The molecule has 1 N–H and O–H groups in total. The Kier molecular flexibility index (Phi) is 1.88. The maximum atomic E-state index is 11.3. The van der Waals surface area contributed by atoms with E-state index in [9.17, 15) is 10.0 Å². The van der Waals surface area contributed by atoms with Gasteiger partial charge in [0.1, 0.15) is 11.9 Å². The number of quaternary nitrogens is 1. The summed E-state index contributed by atoms with van der Waals surface area (Å²) in [5, 5.41) is 20.2. The van der Waals surface area contributed by atoms with E-state index in [0.717, 1.165) is 11.9 Å². The largest absolute Gasteiger partial charge is 0.586 e. The third-order valence-electron chi connectivity index (χ3n) is 1.77. The summed E-state index contributed by atoms with van der Waals surface area (Å²) < 4.78 is -1.56. The van der Waals surface area contributed by atoms with Gasteiger partial charge in [-0.15, -0.1) is 4.21 Å². The van der Waals surface area contributed by atoms with Gasteiger partial charge in [0.05, 0.1) is 4.90 Å². The van der Waals surface area contributed by atoms with Crippen molar-refractivity contribution in [3.8, 4) is 0 Å². The smallest absolute Gasteiger partial charge is 0.222 e. The van der Waals surface area contributed by atoms with Crippen molar-refractivity contribution in [1.82, 2.24) is 0 Å². The van der Waals surface area contributed by atoms with Crippen LogP contribution in [0.2, 0.25) is 0 Å². The van der Waals surface area contributed by atoms with E-state index in [4.69, 9.17) is 5.21 Å². The summed E-state index contributed by atoms with van der Waals surface area (Å²) in [4.78, 5) is 11.9. The molecule has 0 bridgehead atoms. The fraction of sp³-hybridized carbons (Fsp3) is 0.125. The Hall–Kier alpha value is -0.880. The Morgan fingerprint density at radius 1 is 1.46 bits per heavy atom. The number of hydrogen-bond acceptors (Lipinski definition) is 4. The minimum Gasteiger partial charge on any atom is -0.586 e. The Labute approximate surface area is 79.0 Å². The average Bonchev–Trinajstić information content (AvgIpc) is 2.02. The molecule has 0 aromatic heterocycles. The van der Waals surface area contributed by atoms with Crippen molar-refractivity contribution in [3.63, 3.8) is 0 Å². The predicted octanol–water partition coefficient (Wildman–Crippen LogP) is 1.59. The number of carbonyl (C=O) groups excluding carboxylic acids is 1. The van der Waals surface area contributed by atoms with Crippen molar-refractivity contribution in [2.45, 2.75) is 4.90 Å². The van der Waals surface area contributed by atoms with Gasteiger partial charge in [0.25, 0.3) is 0 Å². The van der Waals surface area contributed by atoms with Gasteiger partial charge < -0.3 is 5.21 Å². The van der Waals surface area contributed by atoms with Crippen molar-refractivity contribution < 1.29 is 14.2 Å². The number of rotatable bonds is 0. The van der Waals surface area contributed by atoms with Gasteiger partial charge >= 0.3 is 0 Å². The fourth-order valence-corrected chi connectivity index (χ4v) is 2.14. The first-order valence-corrected chi connectivity index (χ1v) is 4.49. The second-order valence-electron chi connectivity index (χ2n) is 2.81. The molecule has 1 aliphatic rings. The van der Waals surface area contributed by atoms with Gasteiger partial charge in [0, 0.05) is 5.56 Å². The molecule has 1 heterocycles. The molecule has 0 amide bonds. The van der Waals surface area contributed by atoms with Crippen LogP contribution in [0.1, 0.15) is 10.4 Å². The Bertz CT molecular complexity index is 364. The minimum atomic E-state index is -1.56. The van der Waals surface area contributed by atoms with Gasteiger partial charge in [0.2, 0.25) is 5.78 Å². The molecule has 68 valence electrons. The monoisotopic (exact) mass is 197 g/mol. The predicted molar refractivity (Wildman–Crippen MR) is 46.9 cm³/mol. The van der Waals surface area contributed by atoms with Gasteiger partial charge in [-0.25, -0.2) is 5.21 Å². The maximum absolute atomic E-state index is 11.3. The van der Waals surface area contributed by atoms with Gasteiger partial charge in [-0.1, -0.05) is 12.1 Å². The topological polar surface area (TPSA) is 60.4 Å². The highest BCUT2D eigenvalue weighted by Crippen LogP contribution is 2.35. The number of nitrogens with zero attached hydrogens (tertiary/aromatic N) is 1. The van der Waals surface area contributed by atoms with Gasteiger partial charge in [0.15, 0.2) is 6.54 Å². The van der Waals surface area contributed by atoms with Crippen LogP contribution in [-0.4, -0.2) is 21.8 Å². The zero-order chi connectivity index (χ0) is 9.47. The zero-order valence-corrected chi connectivity index (χ0v) is 7.45.